The zero-order valence-electron chi connectivity index (χ0n) is 12.2. The Labute approximate surface area is 129 Å². The van der Waals surface area contributed by atoms with E-state index in [1.807, 2.05) is 23.7 Å². The molecular weight excluding hydrogens is 290 g/mol. The summed E-state index contributed by atoms with van der Waals surface area (Å²) in [5.41, 5.74) is 0. The standard InChI is InChI=1S/C15H20ClN3O2/c1-3-7-19-15(17-10-18-19)9-14(20)11(2)21-13-6-4-5-12(16)8-13/h4-6,8,10-11,14,20H,3,7,9H2,1-2H3. The van der Waals surface area contributed by atoms with Gasteiger partial charge in [0.25, 0.3) is 0 Å². The van der Waals surface area contributed by atoms with Gasteiger partial charge >= 0.3 is 0 Å². The average molecular weight is 310 g/mol. The van der Waals surface area contributed by atoms with Crippen molar-refractivity contribution in [1.82, 2.24) is 14.8 Å². The summed E-state index contributed by atoms with van der Waals surface area (Å²) in [7, 11) is 0. The number of ether oxygens (including phenoxy) is 1. The van der Waals surface area contributed by atoms with Crippen molar-refractivity contribution in [3.05, 3.63) is 41.4 Å². The fraction of sp³-hybridized carbons (Fsp3) is 0.467. The molecule has 2 atom stereocenters. The highest BCUT2D eigenvalue weighted by molar-refractivity contribution is 6.30. The van der Waals surface area contributed by atoms with Crippen molar-refractivity contribution in [3.63, 3.8) is 0 Å². The maximum atomic E-state index is 10.3. The molecule has 0 fully saturated rings. The van der Waals surface area contributed by atoms with Crippen LogP contribution in [-0.2, 0) is 13.0 Å². The molecule has 2 aromatic rings. The Morgan fingerprint density at radius 3 is 2.95 bits per heavy atom. The molecule has 1 heterocycles. The average Bonchev–Trinajstić information content (AvgIpc) is 2.86. The van der Waals surface area contributed by atoms with Crippen LogP contribution >= 0.6 is 11.6 Å². The number of halogens is 1. The quantitative estimate of drug-likeness (QED) is 0.854. The summed E-state index contributed by atoms with van der Waals surface area (Å²) in [5, 5.41) is 15.0. The second-order valence-electron chi connectivity index (χ2n) is 4.95. The number of benzene rings is 1. The zero-order valence-corrected chi connectivity index (χ0v) is 13.0. The van der Waals surface area contributed by atoms with E-state index in [0.717, 1.165) is 18.8 Å². The summed E-state index contributed by atoms with van der Waals surface area (Å²) in [6.07, 6.45) is 1.86. The molecule has 2 rings (SSSR count). The molecule has 2 unspecified atom stereocenters. The SMILES string of the molecule is CCCn1ncnc1CC(O)C(C)Oc1cccc(Cl)c1. The fourth-order valence-corrected chi connectivity index (χ4v) is 2.21. The molecule has 0 amide bonds. The van der Waals surface area contributed by atoms with E-state index < -0.39 is 6.10 Å². The Kier molecular flexibility index (Phi) is 5.59. The molecular formula is C15H20ClN3O2. The van der Waals surface area contributed by atoms with Gasteiger partial charge in [-0.05, 0) is 31.5 Å². The highest BCUT2D eigenvalue weighted by Crippen LogP contribution is 2.19. The predicted molar refractivity (Wildman–Crippen MR) is 81.6 cm³/mol. The monoisotopic (exact) mass is 309 g/mol. The van der Waals surface area contributed by atoms with Crippen LogP contribution in [0.15, 0.2) is 30.6 Å². The lowest BCUT2D eigenvalue weighted by molar-refractivity contribution is 0.0458. The van der Waals surface area contributed by atoms with Gasteiger partial charge in [-0.2, -0.15) is 5.10 Å². The van der Waals surface area contributed by atoms with Crippen LogP contribution in [0, 0.1) is 0 Å². The Bertz CT molecular complexity index is 574. The normalized spacial score (nSPS) is 13.9. The van der Waals surface area contributed by atoms with Gasteiger partial charge in [0.2, 0.25) is 0 Å². The summed E-state index contributed by atoms with van der Waals surface area (Å²) in [6.45, 7) is 4.70. The minimum atomic E-state index is -0.663. The van der Waals surface area contributed by atoms with Crippen molar-refractivity contribution in [1.29, 1.82) is 0 Å². The van der Waals surface area contributed by atoms with Crippen LogP contribution in [0.3, 0.4) is 0 Å². The molecule has 0 bridgehead atoms. The molecule has 0 saturated heterocycles. The maximum Gasteiger partial charge on any atom is 0.138 e. The third-order valence-electron chi connectivity index (χ3n) is 3.18. The van der Waals surface area contributed by atoms with Gasteiger partial charge in [-0.1, -0.05) is 24.6 Å². The summed E-state index contributed by atoms with van der Waals surface area (Å²) in [6, 6.07) is 7.14. The Balaban J connectivity index is 1.96. The topological polar surface area (TPSA) is 60.2 Å². The van der Waals surface area contributed by atoms with Gasteiger partial charge in [0.1, 0.15) is 24.0 Å². The highest BCUT2D eigenvalue weighted by Gasteiger charge is 2.19. The van der Waals surface area contributed by atoms with Gasteiger partial charge < -0.3 is 9.84 Å². The molecule has 1 aromatic carbocycles. The van der Waals surface area contributed by atoms with Crippen LogP contribution in [0.1, 0.15) is 26.1 Å². The number of aromatic nitrogens is 3. The van der Waals surface area contributed by atoms with Gasteiger partial charge in [-0.25, -0.2) is 4.98 Å². The van der Waals surface area contributed by atoms with Gasteiger partial charge in [-0.15, -0.1) is 0 Å². The van der Waals surface area contributed by atoms with E-state index in [0.29, 0.717) is 17.2 Å². The first kappa shape index (κ1) is 15.8. The minimum Gasteiger partial charge on any atom is -0.488 e. The molecule has 0 radical (unpaired) electrons. The molecule has 1 aromatic heterocycles. The number of rotatable bonds is 7. The van der Waals surface area contributed by atoms with Crippen molar-refractivity contribution >= 4 is 11.6 Å². The Morgan fingerprint density at radius 2 is 2.24 bits per heavy atom. The van der Waals surface area contributed by atoms with E-state index in [1.54, 1.807) is 12.1 Å². The lowest BCUT2D eigenvalue weighted by atomic mass is 10.1. The van der Waals surface area contributed by atoms with Crippen LogP contribution in [-0.4, -0.2) is 32.1 Å². The smallest absolute Gasteiger partial charge is 0.138 e. The van der Waals surface area contributed by atoms with E-state index in [9.17, 15) is 5.11 Å². The molecule has 0 aliphatic heterocycles. The van der Waals surface area contributed by atoms with Crippen LogP contribution in [0.4, 0.5) is 0 Å². The number of hydrogen-bond acceptors (Lipinski definition) is 4. The number of hydrogen-bond donors (Lipinski definition) is 1. The Morgan fingerprint density at radius 1 is 1.43 bits per heavy atom. The summed E-state index contributed by atoms with van der Waals surface area (Å²) in [5.74, 6) is 1.41. The van der Waals surface area contributed by atoms with E-state index in [4.69, 9.17) is 16.3 Å². The second kappa shape index (κ2) is 7.43. The molecule has 21 heavy (non-hydrogen) atoms. The molecule has 5 nitrogen and oxygen atoms in total. The molecule has 1 N–H and O–H groups in total. The van der Waals surface area contributed by atoms with Crippen molar-refractivity contribution in [2.45, 2.75) is 45.4 Å². The lowest BCUT2D eigenvalue weighted by Gasteiger charge is -2.20. The second-order valence-corrected chi connectivity index (χ2v) is 5.39. The van der Waals surface area contributed by atoms with Gasteiger partial charge in [-0.3, -0.25) is 4.68 Å². The molecule has 0 aliphatic rings. The first-order chi connectivity index (χ1) is 10.1. The number of nitrogens with zero attached hydrogens (tertiary/aromatic N) is 3. The van der Waals surface area contributed by atoms with Gasteiger partial charge in [0, 0.05) is 18.0 Å². The third-order valence-corrected chi connectivity index (χ3v) is 3.42. The van der Waals surface area contributed by atoms with Crippen LogP contribution < -0.4 is 4.74 Å². The summed E-state index contributed by atoms with van der Waals surface area (Å²) in [4.78, 5) is 4.19. The summed E-state index contributed by atoms with van der Waals surface area (Å²) >= 11 is 5.91. The maximum absolute atomic E-state index is 10.3. The van der Waals surface area contributed by atoms with Crippen LogP contribution in [0.5, 0.6) is 5.75 Å². The first-order valence-electron chi connectivity index (χ1n) is 7.07. The predicted octanol–water partition coefficient (Wildman–Crippen LogP) is 2.71. The number of aryl methyl sites for hydroxylation is 1. The van der Waals surface area contributed by atoms with Gasteiger partial charge in [0.05, 0.1) is 6.10 Å². The molecule has 0 spiro atoms. The third kappa shape index (κ3) is 4.44. The van der Waals surface area contributed by atoms with Crippen LogP contribution in [0.2, 0.25) is 5.02 Å². The molecule has 6 heteroatoms. The van der Waals surface area contributed by atoms with Crippen LogP contribution in [0.25, 0.3) is 0 Å². The van der Waals surface area contributed by atoms with E-state index in [-0.39, 0.29) is 6.10 Å². The minimum absolute atomic E-state index is 0.366. The van der Waals surface area contributed by atoms with Crippen molar-refractivity contribution in [3.8, 4) is 5.75 Å². The first-order valence-corrected chi connectivity index (χ1v) is 7.45. The summed E-state index contributed by atoms with van der Waals surface area (Å²) < 4.78 is 7.53. The van der Waals surface area contributed by atoms with Gasteiger partial charge in [0.15, 0.2) is 0 Å². The lowest BCUT2D eigenvalue weighted by Crippen LogP contribution is -2.31. The molecule has 114 valence electrons. The largest absolute Gasteiger partial charge is 0.488 e. The van der Waals surface area contributed by atoms with Crippen molar-refractivity contribution < 1.29 is 9.84 Å². The fourth-order valence-electron chi connectivity index (χ4n) is 2.03. The highest BCUT2D eigenvalue weighted by atomic mass is 35.5. The van der Waals surface area contributed by atoms with E-state index in [2.05, 4.69) is 17.0 Å². The number of aliphatic hydroxyl groups excluding tert-OH is 1. The van der Waals surface area contributed by atoms with Crippen molar-refractivity contribution in [2.75, 3.05) is 0 Å². The van der Waals surface area contributed by atoms with E-state index in [1.165, 1.54) is 6.33 Å². The number of aliphatic hydroxyl groups is 1. The molecule has 0 aliphatic carbocycles. The molecule has 0 saturated carbocycles. The zero-order chi connectivity index (χ0) is 15.2. The van der Waals surface area contributed by atoms with E-state index >= 15 is 0 Å². The van der Waals surface area contributed by atoms with Crippen molar-refractivity contribution in [2.24, 2.45) is 0 Å². The Hall–Kier alpha value is -1.59.